The highest BCUT2D eigenvalue weighted by atomic mass is 79.9. The zero-order valence-corrected chi connectivity index (χ0v) is 8.84. The number of pyridine rings is 1. The highest BCUT2D eigenvalue weighted by Gasteiger charge is 2.24. The molecule has 0 aliphatic rings. The Labute approximate surface area is 91.3 Å². The minimum Gasteiger partial charge on any atom is -0.448 e. The van der Waals surface area contributed by atoms with E-state index in [1.807, 2.05) is 0 Å². The van der Waals surface area contributed by atoms with Crippen molar-refractivity contribution in [3.8, 4) is 6.07 Å². The van der Waals surface area contributed by atoms with Gasteiger partial charge in [-0.05, 0) is 28.4 Å². The Morgan fingerprint density at radius 2 is 2.13 bits per heavy atom. The molecule has 1 aromatic rings. The molecule has 0 aliphatic heterocycles. The molecule has 0 aromatic carbocycles. The van der Waals surface area contributed by atoms with E-state index in [1.165, 1.54) is 12.1 Å². The van der Waals surface area contributed by atoms with E-state index in [-0.39, 0.29) is 10.0 Å². The third kappa shape index (κ3) is 3.13. The molecule has 0 atom stereocenters. The van der Waals surface area contributed by atoms with Gasteiger partial charge in [-0.2, -0.15) is 5.26 Å². The van der Waals surface area contributed by atoms with Gasteiger partial charge in [0.1, 0.15) is 11.6 Å². The van der Waals surface area contributed by atoms with Gasteiger partial charge in [-0.15, -0.1) is 0 Å². The lowest BCUT2D eigenvalue weighted by atomic mass is 9.92. The van der Waals surface area contributed by atoms with Crippen molar-refractivity contribution in [1.29, 1.82) is 5.26 Å². The molecule has 0 saturated heterocycles. The standard InChI is InChI=1S/C7H4BBrF3N2O/c9-6-1-5(2-13)7(15)14(3-6)4-8(10,11)12/h1,3H,4H2/q-1. The van der Waals surface area contributed by atoms with Crippen molar-refractivity contribution in [2.24, 2.45) is 0 Å². The van der Waals surface area contributed by atoms with Crippen LogP contribution in [-0.2, 0) is 6.44 Å². The first-order valence-electron chi connectivity index (χ1n) is 3.84. The van der Waals surface area contributed by atoms with Crippen molar-refractivity contribution >= 4 is 22.9 Å². The van der Waals surface area contributed by atoms with Crippen LogP contribution in [0.5, 0.6) is 0 Å². The largest absolute Gasteiger partial charge is 0.497 e. The van der Waals surface area contributed by atoms with Crippen LogP contribution in [0.2, 0.25) is 0 Å². The van der Waals surface area contributed by atoms with E-state index in [1.54, 1.807) is 0 Å². The summed E-state index contributed by atoms with van der Waals surface area (Å²) in [6.07, 6.45) is -0.328. The van der Waals surface area contributed by atoms with Crippen LogP contribution in [0.15, 0.2) is 21.5 Å². The molecule has 15 heavy (non-hydrogen) atoms. The number of rotatable bonds is 2. The monoisotopic (exact) mass is 279 g/mol. The van der Waals surface area contributed by atoms with Crippen molar-refractivity contribution in [1.82, 2.24) is 4.57 Å². The summed E-state index contributed by atoms with van der Waals surface area (Å²) in [7, 11) is 0. The Kier molecular flexibility index (Phi) is 3.24. The number of hydrogen-bond acceptors (Lipinski definition) is 2. The zero-order chi connectivity index (χ0) is 11.6. The third-order valence-electron chi connectivity index (χ3n) is 1.58. The molecule has 8 heteroatoms. The summed E-state index contributed by atoms with van der Waals surface area (Å²) in [6.45, 7) is -5.10. The van der Waals surface area contributed by atoms with E-state index < -0.39 is 19.0 Å². The van der Waals surface area contributed by atoms with Crippen molar-refractivity contribution in [2.75, 3.05) is 0 Å². The van der Waals surface area contributed by atoms with Crippen LogP contribution in [-0.4, -0.2) is 11.5 Å². The average Bonchev–Trinajstić information content (AvgIpc) is 2.08. The van der Waals surface area contributed by atoms with Crippen LogP contribution in [0.4, 0.5) is 12.9 Å². The first-order chi connectivity index (χ1) is 6.83. The predicted molar refractivity (Wildman–Crippen MR) is 52.2 cm³/mol. The summed E-state index contributed by atoms with van der Waals surface area (Å²) < 4.78 is 37.0. The predicted octanol–water partition coefficient (Wildman–Crippen LogP) is 1.87. The van der Waals surface area contributed by atoms with Crippen molar-refractivity contribution in [3.05, 3.63) is 32.7 Å². The van der Waals surface area contributed by atoms with Gasteiger partial charge in [0.05, 0.1) is 0 Å². The molecule has 0 N–H and O–H groups in total. The fraction of sp³-hybridized carbons (Fsp3) is 0.143. The lowest BCUT2D eigenvalue weighted by Crippen LogP contribution is -2.32. The molecule has 1 aromatic heterocycles. The second kappa shape index (κ2) is 4.10. The van der Waals surface area contributed by atoms with Crippen molar-refractivity contribution in [3.63, 3.8) is 0 Å². The first-order valence-corrected chi connectivity index (χ1v) is 4.64. The summed E-state index contributed by atoms with van der Waals surface area (Å²) in [5.74, 6) is 0. The van der Waals surface area contributed by atoms with E-state index in [0.717, 1.165) is 6.20 Å². The fourth-order valence-corrected chi connectivity index (χ4v) is 1.51. The molecule has 1 heterocycles. The van der Waals surface area contributed by atoms with Gasteiger partial charge >= 0.3 is 6.98 Å². The van der Waals surface area contributed by atoms with Crippen LogP contribution in [0.3, 0.4) is 0 Å². The smallest absolute Gasteiger partial charge is 0.448 e. The molecular weight excluding hydrogens is 276 g/mol. The first kappa shape index (κ1) is 11.8. The Balaban J connectivity index is 3.26. The maximum absolute atomic E-state index is 12.1. The normalized spacial score (nSPS) is 11.1. The molecule has 0 spiro atoms. The Morgan fingerprint density at radius 3 is 2.60 bits per heavy atom. The summed E-state index contributed by atoms with van der Waals surface area (Å²) in [6, 6.07) is 2.72. The lowest BCUT2D eigenvalue weighted by Gasteiger charge is -2.15. The quantitative estimate of drug-likeness (QED) is 0.776. The third-order valence-corrected chi connectivity index (χ3v) is 2.01. The maximum Gasteiger partial charge on any atom is 0.497 e. The van der Waals surface area contributed by atoms with Crippen LogP contribution in [0, 0.1) is 11.3 Å². The van der Waals surface area contributed by atoms with Gasteiger partial charge in [-0.25, -0.2) is 0 Å². The minimum absolute atomic E-state index is 0.263. The van der Waals surface area contributed by atoms with Gasteiger partial charge in [0.15, 0.2) is 0 Å². The summed E-state index contributed by atoms with van der Waals surface area (Å²) in [5.41, 5.74) is -1.25. The molecule has 0 bridgehead atoms. The van der Waals surface area contributed by atoms with Crippen molar-refractivity contribution < 1.29 is 12.9 Å². The van der Waals surface area contributed by atoms with E-state index in [0.29, 0.717) is 4.57 Å². The van der Waals surface area contributed by atoms with E-state index in [9.17, 15) is 17.7 Å². The highest BCUT2D eigenvalue weighted by Crippen LogP contribution is 2.13. The number of halogens is 4. The molecule has 1 rings (SSSR count). The maximum atomic E-state index is 12.1. The topological polar surface area (TPSA) is 45.8 Å². The molecule has 0 saturated carbocycles. The van der Waals surface area contributed by atoms with E-state index in [4.69, 9.17) is 5.26 Å². The molecular formula is C7H4BBrF3N2O-. The van der Waals surface area contributed by atoms with Gasteiger partial charge in [-0.1, -0.05) is 0 Å². The highest BCUT2D eigenvalue weighted by molar-refractivity contribution is 9.10. The average molecular weight is 280 g/mol. The van der Waals surface area contributed by atoms with Crippen LogP contribution in [0.25, 0.3) is 0 Å². The van der Waals surface area contributed by atoms with Gasteiger partial charge < -0.3 is 17.5 Å². The lowest BCUT2D eigenvalue weighted by molar-refractivity contribution is 0.442. The minimum atomic E-state index is -5.10. The van der Waals surface area contributed by atoms with Crippen LogP contribution < -0.4 is 5.56 Å². The summed E-state index contributed by atoms with van der Waals surface area (Å²) >= 11 is 2.92. The molecule has 0 unspecified atom stereocenters. The van der Waals surface area contributed by atoms with E-state index in [2.05, 4.69) is 15.9 Å². The zero-order valence-electron chi connectivity index (χ0n) is 7.25. The van der Waals surface area contributed by atoms with Gasteiger partial charge in [0, 0.05) is 10.7 Å². The number of nitriles is 1. The molecule has 0 fully saturated rings. The summed E-state index contributed by atoms with van der Waals surface area (Å²) in [4.78, 5) is 11.3. The van der Waals surface area contributed by atoms with Gasteiger partial charge in [0.2, 0.25) is 0 Å². The SMILES string of the molecule is N#Cc1cc(Br)cn(C[B-](F)(F)F)c1=O. The molecule has 0 aliphatic carbocycles. The second-order valence-corrected chi connectivity index (χ2v) is 3.77. The number of hydrogen-bond donors (Lipinski definition) is 0. The van der Waals surface area contributed by atoms with Crippen LogP contribution in [0.1, 0.15) is 5.56 Å². The van der Waals surface area contributed by atoms with Crippen molar-refractivity contribution in [2.45, 2.75) is 6.44 Å². The number of nitrogens with zero attached hydrogens (tertiary/aromatic N) is 2. The fourth-order valence-electron chi connectivity index (χ4n) is 1.04. The van der Waals surface area contributed by atoms with Gasteiger partial charge in [0.25, 0.3) is 5.56 Å². The second-order valence-electron chi connectivity index (χ2n) is 2.85. The van der Waals surface area contributed by atoms with Gasteiger partial charge in [-0.3, -0.25) is 4.79 Å². The van der Waals surface area contributed by atoms with Crippen LogP contribution >= 0.6 is 15.9 Å². The molecule has 3 nitrogen and oxygen atoms in total. The van der Waals surface area contributed by atoms with E-state index >= 15 is 0 Å². The molecule has 80 valence electrons. The number of aromatic nitrogens is 1. The molecule has 0 amide bonds. The Morgan fingerprint density at radius 1 is 1.53 bits per heavy atom. The molecule has 0 radical (unpaired) electrons. The summed E-state index contributed by atoms with van der Waals surface area (Å²) in [5, 5.41) is 8.51. The Bertz CT molecular complexity index is 477. The Hall–Kier alpha value is -1.23.